The van der Waals surface area contributed by atoms with Crippen molar-refractivity contribution >= 4 is 28.8 Å². The summed E-state index contributed by atoms with van der Waals surface area (Å²) in [5.74, 6) is -0.681. The molecule has 0 aliphatic rings. The van der Waals surface area contributed by atoms with E-state index < -0.39 is 12.1 Å². The summed E-state index contributed by atoms with van der Waals surface area (Å²) in [6.07, 6.45) is 4.43. The summed E-state index contributed by atoms with van der Waals surface area (Å²) in [7, 11) is 4.46. The highest BCUT2D eigenvalue weighted by molar-refractivity contribution is 5.89. The van der Waals surface area contributed by atoms with Gasteiger partial charge in [-0.2, -0.15) is 0 Å². The quantitative estimate of drug-likeness (QED) is 0.312. The number of halogens is 1. The first-order valence-corrected chi connectivity index (χ1v) is 13.9. The molecule has 11 heteroatoms. The average Bonchev–Trinajstić information content (AvgIpc) is 3.25. The maximum absolute atomic E-state index is 14.7. The third kappa shape index (κ3) is 7.71. The van der Waals surface area contributed by atoms with Gasteiger partial charge in [0.25, 0.3) is 5.56 Å². The number of ether oxygens (including phenoxy) is 1. The molecule has 226 valence electrons. The summed E-state index contributed by atoms with van der Waals surface area (Å²) in [4.78, 5) is 59.6. The molecule has 0 saturated carbocycles. The number of hydrogen-bond donors (Lipinski definition) is 2. The molecule has 0 radical (unpaired) electrons. The fraction of sp³-hybridized carbons (Fsp3) is 0.452. The summed E-state index contributed by atoms with van der Waals surface area (Å²) in [6, 6.07) is 2.47. The van der Waals surface area contributed by atoms with Crippen LogP contribution in [0.3, 0.4) is 0 Å². The van der Waals surface area contributed by atoms with Crippen molar-refractivity contribution in [2.24, 2.45) is 5.92 Å². The first-order chi connectivity index (χ1) is 19.8. The Balaban J connectivity index is 1.87. The van der Waals surface area contributed by atoms with Gasteiger partial charge >= 0.3 is 6.09 Å². The highest BCUT2D eigenvalue weighted by Gasteiger charge is 2.23. The summed E-state index contributed by atoms with van der Waals surface area (Å²) in [5.41, 5.74) is 4.05. The molecule has 0 aromatic carbocycles. The Bertz CT molecular complexity index is 1550. The van der Waals surface area contributed by atoms with Crippen molar-refractivity contribution in [1.29, 1.82) is 0 Å². The van der Waals surface area contributed by atoms with Crippen LogP contribution in [0, 0.1) is 25.6 Å². The van der Waals surface area contributed by atoms with Crippen LogP contribution in [0.1, 0.15) is 54.8 Å². The predicted octanol–water partition coefficient (Wildman–Crippen LogP) is 3.99. The van der Waals surface area contributed by atoms with E-state index in [2.05, 4.69) is 20.0 Å². The molecule has 0 aliphatic heterocycles. The van der Waals surface area contributed by atoms with E-state index in [4.69, 9.17) is 0 Å². The largest absolute Gasteiger partial charge is 0.453 e. The number of carbonyl (C=O) groups is 3. The molecule has 0 aliphatic carbocycles. The second-order valence-electron chi connectivity index (χ2n) is 11.1. The Kier molecular flexibility index (Phi) is 10.8. The molecule has 2 N–H and O–H groups in total. The number of fused-ring (bicyclic) bond motifs is 1. The molecule has 0 spiro atoms. The van der Waals surface area contributed by atoms with E-state index in [-0.39, 0.29) is 53.9 Å². The molecule has 3 aromatic rings. The fourth-order valence-corrected chi connectivity index (χ4v) is 4.73. The van der Waals surface area contributed by atoms with E-state index >= 15 is 0 Å². The number of likely N-dealkylation sites (N-methyl/N-ethyl adjacent to an activating group) is 1. The number of methoxy groups -OCH3 is 1. The number of amides is 2. The second-order valence-corrected chi connectivity index (χ2v) is 11.1. The lowest BCUT2D eigenvalue weighted by atomic mass is 10.0. The van der Waals surface area contributed by atoms with E-state index in [1.807, 2.05) is 20.8 Å². The van der Waals surface area contributed by atoms with Crippen molar-refractivity contribution in [3.63, 3.8) is 0 Å². The van der Waals surface area contributed by atoms with Gasteiger partial charge in [-0.25, -0.2) is 9.18 Å². The summed E-state index contributed by atoms with van der Waals surface area (Å²) >= 11 is 0. The zero-order valence-corrected chi connectivity index (χ0v) is 25.3. The Morgan fingerprint density at radius 3 is 2.57 bits per heavy atom. The number of ketones is 1. The van der Waals surface area contributed by atoms with Crippen molar-refractivity contribution in [1.82, 2.24) is 24.8 Å². The lowest BCUT2D eigenvalue weighted by Crippen LogP contribution is -2.42. The molecule has 10 nitrogen and oxygen atoms in total. The van der Waals surface area contributed by atoms with E-state index in [0.29, 0.717) is 35.1 Å². The lowest BCUT2D eigenvalue weighted by Gasteiger charge is -2.17. The molecule has 2 amide bonds. The van der Waals surface area contributed by atoms with E-state index in [1.54, 1.807) is 43.8 Å². The molecule has 0 unspecified atom stereocenters. The van der Waals surface area contributed by atoms with Crippen LogP contribution < -0.4 is 10.9 Å². The number of aromatic amines is 1. The number of hydrogen-bond acceptors (Lipinski definition) is 6. The third-order valence-electron chi connectivity index (χ3n) is 7.17. The first kappa shape index (κ1) is 32.2. The van der Waals surface area contributed by atoms with Crippen LogP contribution in [0.2, 0.25) is 0 Å². The number of alkyl carbamates (subject to hydrolysis) is 1. The van der Waals surface area contributed by atoms with Gasteiger partial charge in [-0.05, 0) is 56.7 Å². The van der Waals surface area contributed by atoms with E-state index in [1.165, 1.54) is 24.3 Å². The van der Waals surface area contributed by atoms with Crippen LogP contribution in [0.4, 0.5) is 9.18 Å². The highest BCUT2D eigenvalue weighted by Crippen LogP contribution is 2.27. The number of allylic oxidation sites excluding steroid dienone is 1. The van der Waals surface area contributed by atoms with E-state index in [0.717, 1.165) is 11.3 Å². The number of nitrogens with one attached hydrogen (secondary N) is 2. The smallest absolute Gasteiger partial charge is 0.407 e. The normalized spacial score (nSPS) is 12.2. The molecule has 42 heavy (non-hydrogen) atoms. The minimum atomic E-state index is -0.915. The van der Waals surface area contributed by atoms with Crippen molar-refractivity contribution in [2.45, 2.75) is 66.0 Å². The second kappa shape index (κ2) is 14.1. The van der Waals surface area contributed by atoms with Gasteiger partial charge in [-0.1, -0.05) is 26.0 Å². The number of aryl methyl sites for hydroxylation is 2. The summed E-state index contributed by atoms with van der Waals surface area (Å²) in [5, 5.41) is 2.54. The number of H-pyrrole nitrogens is 1. The van der Waals surface area contributed by atoms with Gasteiger partial charge in [0.1, 0.15) is 5.82 Å². The average molecular weight is 582 g/mol. The van der Waals surface area contributed by atoms with Gasteiger partial charge in [0.15, 0.2) is 5.78 Å². The molecule has 3 aromatic heterocycles. The fourth-order valence-electron chi connectivity index (χ4n) is 4.73. The number of pyridine rings is 2. The number of carbonyl (C=O) groups excluding carboxylic acids is 3. The molecular formula is C31H40FN5O5. The van der Waals surface area contributed by atoms with Gasteiger partial charge in [-0.15, -0.1) is 0 Å². The van der Waals surface area contributed by atoms with Gasteiger partial charge in [0.05, 0.1) is 36.9 Å². The Morgan fingerprint density at radius 2 is 1.93 bits per heavy atom. The van der Waals surface area contributed by atoms with Crippen molar-refractivity contribution < 1.29 is 23.5 Å². The zero-order chi connectivity index (χ0) is 31.1. The zero-order valence-electron chi connectivity index (χ0n) is 25.3. The number of aromatic nitrogens is 3. The maximum Gasteiger partial charge on any atom is 0.407 e. The van der Waals surface area contributed by atoms with Crippen LogP contribution in [0.25, 0.3) is 11.0 Å². The topological polar surface area (TPSA) is 126 Å². The molecule has 1 atom stereocenters. The van der Waals surface area contributed by atoms with Crippen LogP contribution in [-0.4, -0.2) is 64.5 Å². The van der Waals surface area contributed by atoms with Crippen LogP contribution >= 0.6 is 0 Å². The van der Waals surface area contributed by atoms with Gasteiger partial charge in [0.2, 0.25) is 5.91 Å². The molecule has 0 bridgehead atoms. The molecule has 3 rings (SSSR count). The molecule has 0 saturated heterocycles. The van der Waals surface area contributed by atoms with Crippen molar-refractivity contribution in [3.8, 4) is 0 Å². The number of rotatable bonds is 12. The number of nitrogens with zero attached hydrogens (tertiary/aromatic N) is 3. The van der Waals surface area contributed by atoms with Crippen LogP contribution in [0.15, 0.2) is 35.3 Å². The van der Waals surface area contributed by atoms with Gasteiger partial charge < -0.3 is 24.5 Å². The predicted molar refractivity (Wildman–Crippen MR) is 159 cm³/mol. The molecule has 3 heterocycles. The Hall–Kier alpha value is -4.28. The minimum Gasteiger partial charge on any atom is -0.453 e. The van der Waals surface area contributed by atoms with Crippen molar-refractivity contribution in [2.75, 3.05) is 21.2 Å². The van der Waals surface area contributed by atoms with Crippen LogP contribution in [-0.2, 0) is 33.7 Å². The molecule has 0 fully saturated rings. The summed E-state index contributed by atoms with van der Waals surface area (Å²) in [6.45, 7) is 7.91. The minimum absolute atomic E-state index is 0.187. The monoisotopic (exact) mass is 581 g/mol. The molecular weight excluding hydrogens is 541 g/mol. The van der Waals surface area contributed by atoms with Gasteiger partial charge in [0, 0.05) is 43.0 Å². The Morgan fingerprint density at radius 1 is 1.21 bits per heavy atom. The first-order valence-electron chi connectivity index (χ1n) is 13.9. The van der Waals surface area contributed by atoms with Crippen molar-refractivity contribution in [3.05, 3.63) is 74.7 Å². The Labute approximate surface area is 245 Å². The SMILES string of the molecule is COC(=O)N[C@@H](CC/C=C/C(=O)N(C)C)C(=O)Cc1ccc(C)n(Cc2[nH]c3c(CC(C)C)c(F)cnc3c2C)c1=O. The van der Waals surface area contributed by atoms with Gasteiger partial charge in [-0.3, -0.25) is 19.4 Å². The lowest BCUT2D eigenvalue weighted by molar-refractivity contribution is -0.123. The standard InChI is InChI=1S/C31H40FN5O5/c1-18(2)14-22-23(32)16-33-28-20(4)25(34-29(22)28)17-37-19(3)12-13-21(30(37)40)15-26(38)24(35-31(41)42-7)10-8-9-11-27(39)36(5)6/h9,11-13,16,18,24,34H,8,10,14-15,17H2,1-7H3,(H,35,41)/b11-9+/t24-/m0/s1. The summed E-state index contributed by atoms with van der Waals surface area (Å²) < 4.78 is 20.9. The number of Topliss-reactive ketones (excluding diaryl/α,β-unsaturated/α-hetero) is 1. The third-order valence-corrected chi connectivity index (χ3v) is 7.17. The van der Waals surface area contributed by atoms with E-state index in [9.17, 15) is 23.6 Å². The highest BCUT2D eigenvalue weighted by atomic mass is 19.1. The maximum atomic E-state index is 14.7. The van der Waals surface area contributed by atoms with Crippen LogP contribution in [0.5, 0.6) is 0 Å².